The number of carbonyl (C=O) groups excluding carboxylic acids is 1. The Hall–Kier alpha value is -4.72. The predicted octanol–water partition coefficient (Wildman–Crippen LogP) is 4.64. The van der Waals surface area contributed by atoms with Gasteiger partial charge in [-0.25, -0.2) is 9.97 Å². The minimum absolute atomic E-state index is 0.0376. The van der Waals surface area contributed by atoms with E-state index in [0.29, 0.717) is 46.6 Å². The number of carbonyl (C=O) groups is 1. The Balaban J connectivity index is 1.43. The summed E-state index contributed by atoms with van der Waals surface area (Å²) in [6.07, 6.45) is 7.05. The Labute approximate surface area is 214 Å². The van der Waals surface area contributed by atoms with Crippen molar-refractivity contribution in [2.75, 3.05) is 17.7 Å². The average Bonchev–Trinajstić information content (AvgIpc) is 3.52. The van der Waals surface area contributed by atoms with E-state index >= 15 is 0 Å². The molecule has 0 atom stereocenters. The minimum atomic E-state index is -0.0376. The second-order valence-corrected chi connectivity index (χ2v) is 8.90. The van der Waals surface area contributed by atoms with Crippen LogP contribution in [0.15, 0.2) is 49.1 Å². The molecule has 37 heavy (non-hydrogen) atoms. The first-order chi connectivity index (χ1) is 18.0. The molecule has 0 spiro atoms. The summed E-state index contributed by atoms with van der Waals surface area (Å²) in [6, 6.07) is 11.8. The maximum atomic E-state index is 12.7. The highest BCUT2D eigenvalue weighted by atomic mass is 16.5. The number of nitriles is 1. The number of methoxy groups -OCH3 is 1. The maximum Gasteiger partial charge on any atom is 0.184 e. The number of aryl methyl sites for hydroxylation is 1. The second kappa shape index (κ2) is 10.1. The number of anilines is 4. The lowest BCUT2D eigenvalue weighted by atomic mass is 9.81. The number of hydrogen-bond acceptors (Lipinski definition) is 9. The van der Waals surface area contributed by atoms with E-state index in [1.54, 1.807) is 37.4 Å². The molecule has 0 bridgehead atoms. The SMILES string of the molecule is CCC(=O)c1cnc(Nc2ccn([C@H]3C[C@H](C#N)C3)n2)cc1Nc1cccc(-c2ncn(C)n2)c1OC. The van der Waals surface area contributed by atoms with Crippen LogP contribution in [0.5, 0.6) is 5.75 Å². The standard InChI is InChI=1S/C26H27N9O2/c1-4-22(36)19-14-28-24(31-23-8-9-35(32-23)17-10-16(11-17)13-27)12-21(19)30-20-7-5-6-18(25(20)37-3)26-29-15-34(2)33-26/h5-9,12,14-17H,4,10-11H2,1-3H3,(H2,28,30,31,32)/t16-,17-. The van der Waals surface area contributed by atoms with E-state index < -0.39 is 0 Å². The topological polar surface area (TPSA) is 136 Å². The molecule has 3 heterocycles. The summed E-state index contributed by atoms with van der Waals surface area (Å²) in [7, 11) is 3.39. The van der Waals surface area contributed by atoms with E-state index in [9.17, 15) is 4.79 Å². The van der Waals surface area contributed by atoms with Crippen LogP contribution in [0, 0.1) is 17.2 Å². The maximum absolute atomic E-state index is 12.7. The van der Waals surface area contributed by atoms with Crippen LogP contribution < -0.4 is 15.4 Å². The number of nitrogens with one attached hydrogen (secondary N) is 2. The number of ether oxygens (including phenoxy) is 1. The molecule has 0 radical (unpaired) electrons. The quantitative estimate of drug-likeness (QED) is 0.317. The van der Waals surface area contributed by atoms with Gasteiger partial charge in [0, 0.05) is 38.0 Å². The molecule has 11 heteroatoms. The fraction of sp³-hybridized carbons (Fsp3) is 0.308. The van der Waals surface area contributed by atoms with E-state index in [2.05, 4.69) is 36.9 Å². The number of ketones is 1. The van der Waals surface area contributed by atoms with Crippen LogP contribution >= 0.6 is 0 Å². The molecule has 1 aliphatic rings. The van der Waals surface area contributed by atoms with E-state index in [-0.39, 0.29) is 17.7 Å². The largest absolute Gasteiger partial charge is 0.494 e. The van der Waals surface area contributed by atoms with Crippen molar-refractivity contribution in [2.45, 2.75) is 32.2 Å². The van der Waals surface area contributed by atoms with Crippen molar-refractivity contribution < 1.29 is 9.53 Å². The van der Waals surface area contributed by atoms with Gasteiger partial charge in [0.2, 0.25) is 0 Å². The van der Waals surface area contributed by atoms with Gasteiger partial charge in [-0.3, -0.25) is 14.2 Å². The summed E-state index contributed by atoms with van der Waals surface area (Å²) in [5.41, 5.74) is 2.45. The zero-order valence-corrected chi connectivity index (χ0v) is 20.8. The lowest BCUT2D eigenvalue weighted by molar-refractivity contribution is 0.0988. The molecule has 3 aromatic heterocycles. The number of para-hydroxylation sites is 1. The zero-order chi connectivity index (χ0) is 25.9. The lowest BCUT2D eigenvalue weighted by Gasteiger charge is -2.30. The fourth-order valence-electron chi connectivity index (χ4n) is 4.33. The molecule has 1 fully saturated rings. The minimum Gasteiger partial charge on any atom is -0.494 e. The second-order valence-electron chi connectivity index (χ2n) is 8.90. The molecular formula is C26H27N9O2. The van der Waals surface area contributed by atoms with Crippen LogP contribution in [0.1, 0.15) is 42.6 Å². The van der Waals surface area contributed by atoms with Gasteiger partial charge in [0.25, 0.3) is 0 Å². The summed E-state index contributed by atoms with van der Waals surface area (Å²) >= 11 is 0. The molecule has 0 unspecified atom stereocenters. The molecule has 0 aliphatic heterocycles. The smallest absolute Gasteiger partial charge is 0.184 e. The molecule has 188 valence electrons. The van der Waals surface area contributed by atoms with Crippen molar-refractivity contribution >= 4 is 28.8 Å². The van der Waals surface area contributed by atoms with Gasteiger partial charge in [0.15, 0.2) is 23.2 Å². The third kappa shape index (κ3) is 4.86. The third-order valence-corrected chi connectivity index (χ3v) is 6.39. The normalized spacial score (nSPS) is 16.5. The van der Waals surface area contributed by atoms with E-state index in [1.165, 1.54) is 0 Å². The molecule has 2 N–H and O–H groups in total. The fourth-order valence-corrected chi connectivity index (χ4v) is 4.33. The number of aromatic nitrogens is 6. The van der Waals surface area contributed by atoms with Crippen molar-refractivity contribution in [3.05, 3.63) is 54.6 Å². The zero-order valence-electron chi connectivity index (χ0n) is 20.8. The van der Waals surface area contributed by atoms with Gasteiger partial charge < -0.3 is 15.4 Å². The van der Waals surface area contributed by atoms with Crippen LogP contribution in [0.2, 0.25) is 0 Å². The number of rotatable bonds is 9. The van der Waals surface area contributed by atoms with E-state index in [4.69, 9.17) is 10.00 Å². The Morgan fingerprint density at radius 3 is 2.70 bits per heavy atom. The molecule has 4 aromatic rings. The predicted molar refractivity (Wildman–Crippen MR) is 138 cm³/mol. The van der Waals surface area contributed by atoms with Gasteiger partial charge in [-0.15, -0.1) is 0 Å². The molecule has 1 saturated carbocycles. The third-order valence-electron chi connectivity index (χ3n) is 6.39. The van der Waals surface area contributed by atoms with Crippen molar-refractivity contribution in [3.8, 4) is 23.2 Å². The molecule has 11 nitrogen and oxygen atoms in total. The van der Waals surface area contributed by atoms with Gasteiger partial charge in [-0.1, -0.05) is 13.0 Å². The van der Waals surface area contributed by atoms with Crippen LogP contribution in [-0.2, 0) is 7.05 Å². The van der Waals surface area contributed by atoms with Crippen LogP contribution in [0.3, 0.4) is 0 Å². The van der Waals surface area contributed by atoms with Crippen LogP contribution in [0.4, 0.5) is 23.0 Å². The number of nitrogens with zero attached hydrogens (tertiary/aromatic N) is 7. The van der Waals surface area contributed by atoms with Crippen molar-refractivity contribution in [1.82, 2.24) is 29.5 Å². The Kier molecular flexibility index (Phi) is 6.55. The highest BCUT2D eigenvalue weighted by molar-refractivity contribution is 6.02. The summed E-state index contributed by atoms with van der Waals surface area (Å²) in [5, 5.41) is 24.6. The molecular weight excluding hydrogens is 470 g/mol. The first-order valence-corrected chi connectivity index (χ1v) is 12.0. The summed E-state index contributed by atoms with van der Waals surface area (Å²) < 4.78 is 9.23. The first-order valence-electron chi connectivity index (χ1n) is 12.0. The van der Waals surface area contributed by atoms with E-state index in [1.807, 2.05) is 42.1 Å². The van der Waals surface area contributed by atoms with Crippen LogP contribution in [0.25, 0.3) is 11.4 Å². The van der Waals surface area contributed by atoms with Crippen molar-refractivity contribution in [2.24, 2.45) is 13.0 Å². The molecule has 1 aromatic carbocycles. The highest BCUT2D eigenvalue weighted by Crippen LogP contribution is 2.38. The summed E-state index contributed by atoms with van der Waals surface area (Å²) in [6.45, 7) is 1.82. The number of hydrogen-bond donors (Lipinski definition) is 2. The van der Waals surface area contributed by atoms with Gasteiger partial charge >= 0.3 is 0 Å². The molecule has 0 amide bonds. The molecule has 1 aliphatic carbocycles. The Bertz CT molecular complexity index is 1480. The Morgan fingerprint density at radius 2 is 2.00 bits per heavy atom. The average molecular weight is 498 g/mol. The molecule has 5 rings (SSSR count). The van der Waals surface area contributed by atoms with Gasteiger partial charge in [0.05, 0.1) is 47.6 Å². The number of pyridine rings is 1. The van der Waals surface area contributed by atoms with Crippen LogP contribution in [-0.4, -0.2) is 42.4 Å². The number of benzene rings is 1. The number of Topliss-reactive ketones (excluding diaryl/α,β-unsaturated/α-hetero) is 1. The highest BCUT2D eigenvalue weighted by Gasteiger charge is 2.31. The van der Waals surface area contributed by atoms with Gasteiger partial charge in [0.1, 0.15) is 12.1 Å². The van der Waals surface area contributed by atoms with Crippen molar-refractivity contribution in [1.29, 1.82) is 5.26 Å². The van der Waals surface area contributed by atoms with Gasteiger partial charge in [-0.05, 0) is 25.0 Å². The first kappa shape index (κ1) is 24.0. The monoisotopic (exact) mass is 497 g/mol. The molecule has 0 saturated heterocycles. The van der Waals surface area contributed by atoms with E-state index in [0.717, 1.165) is 18.4 Å². The summed E-state index contributed by atoms with van der Waals surface area (Å²) in [4.78, 5) is 21.5. The lowest BCUT2D eigenvalue weighted by Crippen LogP contribution is -2.26. The Morgan fingerprint density at radius 1 is 1.16 bits per heavy atom. The van der Waals surface area contributed by atoms with Crippen molar-refractivity contribution in [3.63, 3.8) is 0 Å². The van der Waals surface area contributed by atoms with Gasteiger partial charge in [-0.2, -0.15) is 15.5 Å². The summed E-state index contributed by atoms with van der Waals surface area (Å²) in [5.74, 6) is 2.33.